The van der Waals surface area contributed by atoms with E-state index in [4.69, 9.17) is 10.5 Å². The standard InChI is InChI=1S/C15H23FN2O/c1-3-7-19-15-9-14(13(17)8-12(15)16)18-10(2)11-5-4-6-11/h8-11,18H,3-7,17H2,1-2H3. The molecule has 1 saturated carbocycles. The van der Waals surface area contributed by atoms with Crippen molar-refractivity contribution in [3.05, 3.63) is 17.9 Å². The molecule has 106 valence electrons. The fraction of sp³-hybridized carbons (Fsp3) is 0.600. The highest BCUT2D eigenvalue weighted by molar-refractivity contribution is 5.69. The van der Waals surface area contributed by atoms with Crippen LogP contribution in [0.1, 0.15) is 39.5 Å². The maximum absolute atomic E-state index is 13.7. The van der Waals surface area contributed by atoms with Gasteiger partial charge in [-0.3, -0.25) is 0 Å². The van der Waals surface area contributed by atoms with E-state index in [0.29, 0.717) is 24.3 Å². The van der Waals surface area contributed by atoms with Crippen molar-refractivity contribution in [2.75, 3.05) is 17.7 Å². The highest BCUT2D eigenvalue weighted by Gasteiger charge is 2.24. The predicted molar refractivity (Wildman–Crippen MR) is 77.0 cm³/mol. The number of nitrogens with one attached hydrogen (secondary N) is 1. The lowest BCUT2D eigenvalue weighted by atomic mass is 9.80. The lowest BCUT2D eigenvalue weighted by molar-refractivity contribution is 0.284. The van der Waals surface area contributed by atoms with Crippen LogP contribution in [0.5, 0.6) is 5.75 Å². The number of halogens is 1. The van der Waals surface area contributed by atoms with E-state index in [1.807, 2.05) is 6.92 Å². The van der Waals surface area contributed by atoms with Gasteiger partial charge in [-0.15, -0.1) is 0 Å². The smallest absolute Gasteiger partial charge is 0.167 e. The molecule has 0 saturated heterocycles. The number of benzene rings is 1. The Kier molecular flexibility index (Phi) is 4.51. The summed E-state index contributed by atoms with van der Waals surface area (Å²) in [4.78, 5) is 0. The van der Waals surface area contributed by atoms with Crippen LogP contribution in [-0.2, 0) is 0 Å². The average molecular weight is 266 g/mol. The van der Waals surface area contributed by atoms with Crippen LogP contribution in [0.25, 0.3) is 0 Å². The van der Waals surface area contributed by atoms with Gasteiger partial charge in [0.05, 0.1) is 18.0 Å². The van der Waals surface area contributed by atoms with Crippen LogP contribution in [0.3, 0.4) is 0 Å². The van der Waals surface area contributed by atoms with E-state index in [1.165, 1.54) is 25.3 Å². The quantitative estimate of drug-likeness (QED) is 0.770. The van der Waals surface area contributed by atoms with Gasteiger partial charge in [0.1, 0.15) is 0 Å². The topological polar surface area (TPSA) is 47.3 Å². The second kappa shape index (κ2) is 6.13. The van der Waals surface area contributed by atoms with Crippen molar-refractivity contribution in [2.24, 2.45) is 5.92 Å². The first kappa shape index (κ1) is 14.0. The van der Waals surface area contributed by atoms with Gasteiger partial charge in [0.15, 0.2) is 11.6 Å². The van der Waals surface area contributed by atoms with Gasteiger partial charge in [-0.2, -0.15) is 0 Å². The Morgan fingerprint density at radius 1 is 1.47 bits per heavy atom. The van der Waals surface area contributed by atoms with E-state index in [-0.39, 0.29) is 5.75 Å². The van der Waals surface area contributed by atoms with Crippen LogP contribution < -0.4 is 15.8 Å². The lowest BCUT2D eigenvalue weighted by Crippen LogP contribution is -2.31. The number of hydrogen-bond donors (Lipinski definition) is 2. The van der Waals surface area contributed by atoms with Crippen LogP contribution in [0.15, 0.2) is 12.1 Å². The summed E-state index contributed by atoms with van der Waals surface area (Å²) in [5.41, 5.74) is 7.08. The summed E-state index contributed by atoms with van der Waals surface area (Å²) in [5.74, 6) is 0.580. The number of nitrogen functional groups attached to an aromatic ring is 1. The molecule has 3 nitrogen and oxygen atoms in total. The molecule has 0 aromatic heterocycles. The largest absolute Gasteiger partial charge is 0.490 e. The van der Waals surface area contributed by atoms with Crippen molar-refractivity contribution in [3.8, 4) is 5.75 Å². The fourth-order valence-electron chi connectivity index (χ4n) is 2.32. The zero-order valence-electron chi connectivity index (χ0n) is 11.7. The van der Waals surface area contributed by atoms with E-state index < -0.39 is 5.82 Å². The Hall–Kier alpha value is -1.45. The summed E-state index contributed by atoms with van der Waals surface area (Å²) in [6.07, 6.45) is 4.68. The molecule has 0 aliphatic heterocycles. The van der Waals surface area contributed by atoms with Gasteiger partial charge in [-0.25, -0.2) is 4.39 Å². The SMILES string of the molecule is CCCOc1cc(NC(C)C2CCC2)c(N)cc1F. The average Bonchev–Trinajstić information content (AvgIpc) is 2.28. The number of nitrogens with two attached hydrogens (primary N) is 1. The molecule has 0 amide bonds. The molecule has 0 radical (unpaired) electrons. The molecule has 1 aromatic carbocycles. The molecule has 1 atom stereocenters. The highest BCUT2D eigenvalue weighted by Crippen LogP contribution is 2.34. The third kappa shape index (κ3) is 3.31. The molecule has 3 N–H and O–H groups in total. The second-order valence-electron chi connectivity index (χ2n) is 5.34. The van der Waals surface area contributed by atoms with E-state index >= 15 is 0 Å². The Morgan fingerprint density at radius 3 is 2.79 bits per heavy atom. The van der Waals surface area contributed by atoms with Crippen molar-refractivity contribution in [1.29, 1.82) is 0 Å². The number of hydrogen-bond acceptors (Lipinski definition) is 3. The maximum Gasteiger partial charge on any atom is 0.167 e. The Labute approximate surface area is 114 Å². The van der Waals surface area contributed by atoms with Crippen LogP contribution in [-0.4, -0.2) is 12.6 Å². The molecule has 0 heterocycles. The van der Waals surface area contributed by atoms with E-state index in [0.717, 1.165) is 12.1 Å². The molecule has 4 heteroatoms. The number of rotatable bonds is 6. The predicted octanol–water partition coefficient (Wildman–Crippen LogP) is 3.80. The molecule has 1 fully saturated rings. The minimum absolute atomic E-state index is 0.277. The summed E-state index contributed by atoms with van der Waals surface area (Å²) in [6, 6.07) is 3.37. The Morgan fingerprint density at radius 2 is 2.21 bits per heavy atom. The normalized spacial score (nSPS) is 16.8. The first-order chi connectivity index (χ1) is 9.11. The molecular weight excluding hydrogens is 243 g/mol. The van der Waals surface area contributed by atoms with Gasteiger partial charge in [0.2, 0.25) is 0 Å². The van der Waals surface area contributed by atoms with Crippen molar-refractivity contribution < 1.29 is 9.13 Å². The fourth-order valence-corrected chi connectivity index (χ4v) is 2.32. The molecule has 19 heavy (non-hydrogen) atoms. The van der Waals surface area contributed by atoms with Gasteiger partial charge in [-0.1, -0.05) is 13.3 Å². The summed E-state index contributed by atoms with van der Waals surface area (Å²) in [7, 11) is 0. The number of ether oxygens (including phenoxy) is 1. The van der Waals surface area contributed by atoms with E-state index in [9.17, 15) is 4.39 Å². The molecule has 1 unspecified atom stereocenters. The second-order valence-corrected chi connectivity index (χ2v) is 5.34. The first-order valence-electron chi connectivity index (χ1n) is 7.10. The van der Waals surface area contributed by atoms with E-state index in [2.05, 4.69) is 12.2 Å². The summed E-state index contributed by atoms with van der Waals surface area (Å²) < 4.78 is 19.1. The molecule has 1 aliphatic rings. The van der Waals surface area contributed by atoms with Gasteiger partial charge in [0.25, 0.3) is 0 Å². The third-order valence-corrected chi connectivity index (χ3v) is 3.81. The third-order valence-electron chi connectivity index (χ3n) is 3.81. The zero-order valence-corrected chi connectivity index (χ0v) is 11.7. The zero-order chi connectivity index (χ0) is 13.8. The highest BCUT2D eigenvalue weighted by atomic mass is 19.1. The van der Waals surface area contributed by atoms with Crippen LogP contribution in [0.2, 0.25) is 0 Å². The van der Waals surface area contributed by atoms with Crippen LogP contribution in [0.4, 0.5) is 15.8 Å². The Balaban J connectivity index is 2.09. The summed E-state index contributed by atoms with van der Waals surface area (Å²) >= 11 is 0. The van der Waals surface area contributed by atoms with Crippen molar-refractivity contribution in [1.82, 2.24) is 0 Å². The molecule has 1 aromatic rings. The van der Waals surface area contributed by atoms with Gasteiger partial charge >= 0.3 is 0 Å². The molecule has 1 aliphatic carbocycles. The summed E-state index contributed by atoms with van der Waals surface area (Å²) in [6.45, 7) is 4.66. The first-order valence-corrected chi connectivity index (χ1v) is 7.10. The van der Waals surface area contributed by atoms with Gasteiger partial charge < -0.3 is 15.8 Å². The Bertz CT molecular complexity index is 432. The molecule has 0 spiro atoms. The molecule has 0 bridgehead atoms. The monoisotopic (exact) mass is 266 g/mol. The number of anilines is 2. The maximum atomic E-state index is 13.7. The van der Waals surface area contributed by atoms with Crippen molar-refractivity contribution in [2.45, 2.75) is 45.6 Å². The van der Waals surface area contributed by atoms with Crippen molar-refractivity contribution >= 4 is 11.4 Å². The van der Waals surface area contributed by atoms with Crippen LogP contribution in [0, 0.1) is 11.7 Å². The molecular formula is C15H23FN2O. The van der Waals surface area contributed by atoms with E-state index in [1.54, 1.807) is 6.07 Å². The summed E-state index contributed by atoms with van der Waals surface area (Å²) in [5, 5.41) is 3.38. The minimum atomic E-state index is -0.396. The lowest BCUT2D eigenvalue weighted by Gasteiger charge is -2.32. The minimum Gasteiger partial charge on any atom is -0.490 e. The van der Waals surface area contributed by atoms with Crippen molar-refractivity contribution in [3.63, 3.8) is 0 Å². The van der Waals surface area contributed by atoms with Crippen LogP contribution >= 0.6 is 0 Å². The van der Waals surface area contributed by atoms with Gasteiger partial charge in [0, 0.05) is 18.2 Å². The molecule has 2 rings (SSSR count). The van der Waals surface area contributed by atoms with Gasteiger partial charge in [-0.05, 0) is 32.1 Å².